The van der Waals surface area contributed by atoms with Gasteiger partial charge in [0.15, 0.2) is 0 Å². The summed E-state index contributed by atoms with van der Waals surface area (Å²) in [7, 11) is 0. The molecular formula is C18H24Cl3N5O3. The van der Waals surface area contributed by atoms with Gasteiger partial charge in [-0.2, -0.15) is 4.98 Å². The molecular weight excluding hydrogens is 441 g/mol. The maximum atomic E-state index is 12.5. The Kier molecular flexibility index (Phi) is 9.13. The number of benzene rings is 1. The molecule has 0 radical (unpaired) electrons. The molecule has 1 aromatic carbocycles. The molecule has 1 N–H and O–H groups in total. The second-order valence-corrected chi connectivity index (χ2v) is 7.14. The zero-order valence-corrected chi connectivity index (χ0v) is 18.1. The van der Waals surface area contributed by atoms with E-state index in [4.69, 9.17) is 20.9 Å². The summed E-state index contributed by atoms with van der Waals surface area (Å²) in [5.41, 5.74) is 0.868. The second kappa shape index (κ2) is 11.1. The van der Waals surface area contributed by atoms with E-state index >= 15 is 0 Å². The molecule has 8 nitrogen and oxygen atoms in total. The molecule has 4 rings (SSSR count). The number of piperazine rings is 1. The Bertz CT molecular complexity index is 775. The van der Waals surface area contributed by atoms with Crippen LogP contribution >= 0.6 is 36.4 Å². The van der Waals surface area contributed by atoms with Crippen molar-refractivity contribution in [3.63, 3.8) is 0 Å². The number of ether oxygens (including phenoxy) is 1. The van der Waals surface area contributed by atoms with Crippen molar-refractivity contribution in [1.29, 1.82) is 0 Å². The molecule has 11 heteroatoms. The summed E-state index contributed by atoms with van der Waals surface area (Å²) in [5.74, 6) is 1.25. The second-order valence-electron chi connectivity index (χ2n) is 6.70. The lowest BCUT2D eigenvalue weighted by Gasteiger charge is -2.36. The lowest BCUT2D eigenvalue weighted by Crippen LogP contribution is -2.57. The Morgan fingerprint density at radius 3 is 2.55 bits per heavy atom. The van der Waals surface area contributed by atoms with Crippen LogP contribution < -0.4 is 5.32 Å². The number of halogens is 3. The van der Waals surface area contributed by atoms with Gasteiger partial charge >= 0.3 is 0 Å². The van der Waals surface area contributed by atoms with Crippen molar-refractivity contribution >= 4 is 42.3 Å². The van der Waals surface area contributed by atoms with Crippen LogP contribution in [0.15, 0.2) is 28.8 Å². The summed E-state index contributed by atoms with van der Waals surface area (Å²) in [4.78, 5) is 21.1. The smallest absolute Gasteiger partial charge is 0.242 e. The summed E-state index contributed by atoms with van der Waals surface area (Å²) in [6.07, 6.45) is 0. The molecule has 2 aliphatic rings. The minimum atomic E-state index is -0.219. The predicted octanol–water partition coefficient (Wildman–Crippen LogP) is 1.87. The number of aromatic nitrogens is 2. The van der Waals surface area contributed by atoms with Gasteiger partial charge in [-0.15, -0.1) is 24.8 Å². The number of hydrogen-bond donors (Lipinski definition) is 1. The number of carbonyl (C=O) groups is 1. The third-order valence-electron chi connectivity index (χ3n) is 4.83. The zero-order chi connectivity index (χ0) is 18.6. The predicted molar refractivity (Wildman–Crippen MR) is 114 cm³/mol. The molecule has 2 saturated heterocycles. The first-order valence-corrected chi connectivity index (χ1v) is 9.47. The van der Waals surface area contributed by atoms with Crippen LogP contribution in [-0.2, 0) is 16.1 Å². The Morgan fingerprint density at radius 1 is 1.17 bits per heavy atom. The highest BCUT2D eigenvalue weighted by atomic mass is 35.5. The van der Waals surface area contributed by atoms with Crippen LogP contribution in [0.25, 0.3) is 11.4 Å². The van der Waals surface area contributed by atoms with E-state index in [9.17, 15) is 4.79 Å². The first-order chi connectivity index (χ1) is 13.2. The Balaban J connectivity index is 0.00000150. The standard InChI is InChI=1S/C18H22ClN5O3.2ClH/c19-14-3-1-13(2-4-14)17-21-16(27-22-17)11-23-6-8-24(9-7-23)18(25)15-12-26-10-5-20-15;;/h1-4,15,20H,5-12H2;2*1H. The van der Waals surface area contributed by atoms with Crippen molar-refractivity contribution < 1.29 is 14.1 Å². The van der Waals surface area contributed by atoms with Crippen molar-refractivity contribution in [1.82, 2.24) is 25.3 Å². The van der Waals surface area contributed by atoms with Gasteiger partial charge < -0.3 is 19.5 Å². The lowest BCUT2D eigenvalue weighted by molar-refractivity contribution is -0.138. The van der Waals surface area contributed by atoms with E-state index in [-0.39, 0.29) is 36.8 Å². The van der Waals surface area contributed by atoms with Crippen molar-refractivity contribution in [2.75, 3.05) is 45.9 Å². The van der Waals surface area contributed by atoms with Crippen LogP contribution in [0.4, 0.5) is 0 Å². The molecule has 1 aromatic heterocycles. The minimum absolute atomic E-state index is 0. The van der Waals surface area contributed by atoms with Gasteiger partial charge in [0.25, 0.3) is 0 Å². The number of amides is 1. The SMILES string of the molecule is Cl.Cl.O=C(C1COCCN1)N1CCN(Cc2nc(-c3ccc(Cl)cc3)no2)CC1. The highest BCUT2D eigenvalue weighted by molar-refractivity contribution is 6.30. The molecule has 2 fully saturated rings. The zero-order valence-electron chi connectivity index (χ0n) is 15.8. The molecule has 2 aromatic rings. The molecule has 1 atom stereocenters. The fourth-order valence-corrected chi connectivity index (χ4v) is 3.42. The first-order valence-electron chi connectivity index (χ1n) is 9.10. The molecule has 3 heterocycles. The Hall–Kier alpha value is -1.42. The summed E-state index contributed by atoms with van der Waals surface area (Å²) >= 11 is 5.91. The van der Waals surface area contributed by atoms with Crippen molar-refractivity contribution in [3.8, 4) is 11.4 Å². The largest absolute Gasteiger partial charge is 0.378 e. The van der Waals surface area contributed by atoms with E-state index in [1.807, 2.05) is 17.0 Å². The molecule has 1 unspecified atom stereocenters. The van der Waals surface area contributed by atoms with E-state index in [0.29, 0.717) is 49.6 Å². The third-order valence-corrected chi connectivity index (χ3v) is 5.09. The van der Waals surface area contributed by atoms with Crippen LogP contribution in [0.1, 0.15) is 5.89 Å². The summed E-state index contributed by atoms with van der Waals surface area (Å²) in [6, 6.07) is 7.11. The van der Waals surface area contributed by atoms with E-state index in [1.54, 1.807) is 12.1 Å². The van der Waals surface area contributed by atoms with Crippen LogP contribution in [0.2, 0.25) is 5.02 Å². The fourth-order valence-electron chi connectivity index (χ4n) is 3.30. The number of nitrogens with one attached hydrogen (secondary N) is 1. The quantitative estimate of drug-likeness (QED) is 0.739. The van der Waals surface area contributed by atoms with E-state index in [2.05, 4.69) is 20.4 Å². The van der Waals surface area contributed by atoms with Gasteiger partial charge in [-0.25, -0.2) is 0 Å². The van der Waals surface area contributed by atoms with Crippen LogP contribution in [-0.4, -0.2) is 77.8 Å². The van der Waals surface area contributed by atoms with E-state index in [0.717, 1.165) is 25.2 Å². The van der Waals surface area contributed by atoms with Gasteiger partial charge in [0.1, 0.15) is 6.04 Å². The van der Waals surface area contributed by atoms with E-state index in [1.165, 1.54) is 0 Å². The normalized spacial score (nSPS) is 19.9. The first kappa shape index (κ1) is 23.9. The van der Waals surface area contributed by atoms with Crippen molar-refractivity contribution in [2.45, 2.75) is 12.6 Å². The molecule has 0 bridgehead atoms. The number of nitrogens with zero attached hydrogens (tertiary/aromatic N) is 4. The van der Waals surface area contributed by atoms with Gasteiger partial charge in [0.2, 0.25) is 17.6 Å². The van der Waals surface area contributed by atoms with Gasteiger partial charge in [0.05, 0.1) is 19.8 Å². The third kappa shape index (κ3) is 6.04. The topological polar surface area (TPSA) is 83.7 Å². The molecule has 0 saturated carbocycles. The summed E-state index contributed by atoms with van der Waals surface area (Å²) in [6.45, 7) is 5.35. The van der Waals surface area contributed by atoms with E-state index < -0.39 is 0 Å². The average molecular weight is 465 g/mol. The van der Waals surface area contributed by atoms with Crippen molar-refractivity contribution in [3.05, 3.63) is 35.2 Å². The number of carbonyl (C=O) groups excluding carboxylic acids is 1. The van der Waals surface area contributed by atoms with Gasteiger partial charge in [-0.3, -0.25) is 9.69 Å². The molecule has 29 heavy (non-hydrogen) atoms. The molecule has 0 aliphatic carbocycles. The summed E-state index contributed by atoms with van der Waals surface area (Å²) in [5, 5.41) is 7.93. The molecule has 160 valence electrons. The highest BCUT2D eigenvalue weighted by Gasteiger charge is 2.29. The van der Waals surface area contributed by atoms with Gasteiger partial charge in [-0.1, -0.05) is 16.8 Å². The fraction of sp³-hybridized carbons (Fsp3) is 0.500. The Morgan fingerprint density at radius 2 is 1.90 bits per heavy atom. The number of hydrogen-bond acceptors (Lipinski definition) is 7. The van der Waals surface area contributed by atoms with Crippen molar-refractivity contribution in [2.24, 2.45) is 0 Å². The lowest BCUT2D eigenvalue weighted by atomic mass is 10.2. The van der Waals surface area contributed by atoms with Crippen LogP contribution in [0.5, 0.6) is 0 Å². The molecule has 2 aliphatic heterocycles. The molecule has 0 spiro atoms. The summed E-state index contributed by atoms with van der Waals surface area (Å²) < 4.78 is 10.8. The average Bonchev–Trinajstić information content (AvgIpc) is 3.18. The van der Waals surface area contributed by atoms with Gasteiger partial charge in [-0.05, 0) is 24.3 Å². The van der Waals surface area contributed by atoms with Crippen LogP contribution in [0.3, 0.4) is 0 Å². The number of morpholine rings is 1. The highest BCUT2D eigenvalue weighted by Crippen LogP contribution is 2.19. The maximum absolute atomic E-state index is 12.5. The maximum Gasteiger partial charge on any atom is 0.242 e. The Labute approximate surface area is 186 Å². The monoisotopic (exact) mass is 463 g/mol. The molecule has 1 amide bonds. The van der Waals surface area contributed by atoms with Gasteiger partial charge in [0, 0.05) is 43.3 Å². The minimum Gasteiger partial charge on any atom is -0.378 e. The number of rotatable bonds is 4. The van der Waals surface area contributed by atoms with Crippen LogP contribution in [0, 0.1) is 0 Å².